The van der Waals surface area contributed by atoms with Crippen molar-refractivity contribution < 1.29 is 0 Å². The van der Waals surface area contributed by atoms with E-state index in [4.69, 9.17) is 11.6 Å². The van der Waals surface area contributed by atoms with Gasteiger partial charge in [0.05, 0.1) is 0 Å². The summed E-state index contributed by atoms with van der Waals surface area (Å²) in [5.74, 6) is 2.73. The van der Waals surface area contributed by atoms with Crippen LogP contribution in [0, 0.1) is 11.8 Å². The van der Waals surface area contributed by atoms with Gasteiger partial charge in [-0.25, -0.2) is 0 Å². The third-order valence-corrected chi connectivity index (χ3v) is 4.93. The van der Waals surface area contributed by atoms with Crippen LogP contribution in [0.1, 0.15) is 39.5 Å². The zero-order valence-electron chi connectivity index (χ0n) is 12.1. The summed E-state index contributed by atoms with van der Waals surface area (Å²) in [5, 5.41) is 3.73. The van der Waals surface area contributed by atoms with E-state index < -0.39 is 0 Å². The highest BCUT2D eigenvalue weighted by Crippen LogP contribution is 2.33. The Morgan fingerprint density at radius 1 is 1.10 bits per heavy atom. The molecule has 3 unspecified atom stereocenters. The monoisotopic (exact) mass is 295 g/mol. The van der Waals surface area contributed by atoms with Crippen molar-refractivity contribution in [1.82, 2.24) is 15.0 Å². The van der Waals surface area contributed by atoms with Gasteiger partial charge in [0.15, 0.2) is 0 Å². The van der Waals surface area contributed by atoms with Gasteiger partial charge < -0.3 is 10.2 Å². The number of aromatic nitrogens is 3. The molecule has 0 spiro atoms. The van der Waals surface area contributed by atoms with E-state index in [0.29, 0.717) is 23.9 Å². The second-order valence-electron chi connectivity index (χ2n) is 6.09. The lowest BCUT2D eigenvalue weighted by atomic mass is 9.98. The van der Waals surface area contributed by atoms with Crippen LogP contribution in [-0.2, 0) is 0 Å². The van der Waals surface area contributed by atoms with Gasteiger partial charge in [0.1, 0.15) is 0 Å². The Hall–Kier alpha value is -1.10. The van der Waals surface area contributed by atoms with Gasteiger partial charge in [0, 0.05) is 19.1 Å². The summed E-state index contributed by atoms with van der Waals surface area (Å²) < 4.78 is 0. The summed E-state index contributed by atoms with van der Waals surface area (Å²) in [6.45, 7) is 6.62. The predicted molar refractivity (Wildman–Crippen MR) is 81.3 cm³/mol. The molecule has 1 aromatic rings. The lowest BCUT2D eigenvalue weighted by molar-refractivity contribution is 0.434. The van der Waals surface area contributed by atoms with Crippen LogP contribution in [-0.4, -0.2) is 34.1 Å². The van der Waals surface area contributed by atoms with Crippen molar-refractivity contribution in [1.29, 1.82) is 0 Å². The molecule has 110 valence electrons. The van der Waals surface area contributed by atoms with Crippen LogP contribution in [0.15, 0.2) is 0 Å². The molecule has 3 atom stereocenters. The molecule has 20 heavy (non-hydrogen) atoms. The highest BCUT2D eigenvalue weighted by molar-refractivity contribution is 6.28. The van der Waals surface area contributed by atoms with Crippen molar-refractivity contribution in [2.75, 3.05) is 23.3 Å². The van der Waals surface area contributed by atoms with Crippen LogP contribution < -0.4 is 10.2 Å². The normalized spacial score (nSPS) is 29.9. The van der Waals surface area contributed by atoms with E-state index >= 15 is 0 Å². The molecule has 0 radical (unpaired) electrons. The Kier molecular flexibility index (Phi) is 3.96. The Balaban J connectivity index is 1.76. The van der Waals surface area contributed by atoms with Gasteiger partial charge in [-0.1, -0.05) is 13.8 Å². The first-order valence-corrected chi connectivity index (χ1v) is 7.94. The largest absolute Gasteiger partial charge is 0.351 e. The topological polar surface area (TPSA) is 53.9 Å². The first kappa shape index (κ1) is 13.9. The molecule has 1 N–H and O–H groups in total. The smallest absolute Gasteiger partial charge is 0.231 e. The van der Waals surface area contributed by atoms with Crippen LogP contribution in [0.2, 0.25) is 5.28 Å². The van der Waals surface area contributed by atoms with E-state index in [1.54, 1.807) is 0 Å². The Morgan fingerprint density at radius 3 is 2.50 bits per heavy atom. The maximum atomic E-state index is 6.05. The van der Waals surface area contributed by atoms with Crippen molar-refractivity contribution in [3.63, 3.8) is 0 Å². The van der Waals surface area contributed by atoms with Crippen LogP contribution in [0.3, 0.4) is 0 Å². The molecule has 0 bridgehead atoms. The number of anilines is 2. The van der Waals surface area contributed by atoms with E-state index in [-0.39, 0.29) is 5.28 Å². The molecule has 3 rings (SSSR count). The summed E-state index contributed by atoms with van der Waals surface area (Å²) in [4.78, 5) is 15.2. The molecule has 1 aliphatic carbocycles. The fourth-order valence-corrected chi connectivity index (χ4v) is 3.35. The molecular weight excluding hydrogens is 274 g/mol. The highest BCUT2D eigenvalue weighted by atomic mass is 35.5. The molecule has 2 fully saturated rings. The third kappa shape index (κ3) is 2.82. The Morgan fingerprint density at radius 2 is 1.85 bits per heavy atom. The maximum Gasteiger partial charge on any atom is 0.231 e. The lowest BCUT2D eigenvalue weighted by Crippen LogP contribution is -2.27. The van der Waals surface area contributed by atoms with Crippen molar-refractivity contribution in [2.24, 2.45) is 11.8 Å². The van der Waals surface area contributed by atoms with Crippen molar-refractivity contribution in [3.05, 3.63) is 5.28 Å². The van der Waals surface area contributed by atoms with Crippen LogP contribution in [0.25, 0.3) is 0 Å². The van der Waals surface area contributed by atoms with Gasteiger partial charge in [-0.3, -0.25) is 0 Å². The molecule has 1 saturated carbocycles. The minimum absolute atomic E-state index is 0.281. The summed E-state index contributed by atoms with van der Waals surface area (Å²) in [6.07, 6.45) is 4.83. The minimum atomic E-state index is 0.281. The fourth-order valence-electron chi connectivity index (χ4n) is 3.20. The van der Waals surface area contributed by atoms with Crippen LogP contribution in [0.4, 0.5) is 11.9 Å². The van der Waals surface area contributed by atoms with Crippen molar-refractivity contribution in [2.45, 2.75) is 45.6 Å². The highest BCUT2D eigenvalue weighted by Gasteiger charge is 2.30. The van der Waals surface area contributed by atoms with Gasteiger partial charge in [-0.2, -0.15) is 15.0 Å². The lowest BCUT2D eigenvalue weighted by Gasteiger charge is -2.21. The van der Waals surface area contributed by atoms with E-state index in [1.165, 1.54) is 25.7 Å². The molecule has 1 aromatic heterocycles. The summed E-state index contributed by atoms with van der Waals surface area (Å²) in [7, 11) is 0. The molecular formula is C14H22ClN5. The average Bonchev–Trinajstić information content (AvgIpc) is 3.04. The number of hydrogen-bond donors (Lipinski definition) is 1. The van der Waals surface area contributed by atoms with E-state index in [1.807, 2.05) is 0 Å². The molecule has 1 aliphatic heterocycles. The van der Waals surface area contributed by atoms with Gasteiger partial charge >= 0.3 is 0 Å². The standard InChI is InChI=1S/C14H22ClN5/c1-9-5-6-11(10(9)2)16-13-17-12(15)18-14(19-13)20-7-3-4-8-20/h9-11H,3-8H2,1-2H3,(H,16,17,18,19). The molecule has 0 aromatic carbocycles. The first-order chi connectivity index (χ1) is 9.63. The number of nitrogens with zero attached hydrogens (tertiary/aromatic N) is 4. The summed E-state index contributed by atoms with van der Waals surface area (Å²) in [6, 6.07) is 0.440. The number of hydrogen-bond acceptors (Lipinski definition) is 5. The van der Waals surface area contributed by atoms with E-state index in [2.05, 4.69) is 39.0 Å². The third-order valence-electron chi connectivity index (χ3n) is 4.76. The number of halogens is 1. The predicted octanol–water partition coefficient (Wildman–Crippen LogP) is 2.97. The zero-order chi connectivity index (χ0) is 14.1. The van der Waals surface area contributed by atoms with Crippen LogP contribution >= 0.6 is 11.6 Å². The van der Waals surface area contributed by atoms with E-state index in [0.717, 1.165) is 19.0 Å². The van der Waals surface area contributed by atoms with Gasteiger partial charge in [-0.15, -0.1) is 0 Å². The van der Waals surface area contributed by atoms with Crippen molar-refractivity contribution >= 4 is 23.5 Å². The molecule has 1 saturated heterocycles. The Bertz CT molecular complexity index is 475. The molecule has 2 heterocycles. The first-order valence-electron chi connectivity index (χ1n) is 7.56. The fraction of sp³-hybridized carbons (Fsp3) is 0.786. The van der Waals surface area contributed by atoms with Crippen LogP contribution in [0.5, 0.6) is 0 Å². The van der Waals surface area contributed by atoms with Gasteiger partial charge in [-0.05, 0) is 49.1 Å². The second-order valence-corrected chi connectivity index (χ2v) is 6.42. The van der Waals surface area contributed by atoms with E-state index in [9.17, 15) is 0 Å². The zero-order valence-corrected chi connectivity index (χ0v) is 12.9. The molecule has 5 nitrogen and oxygen atoms in total. The van der Waals surface area contributed by atoms with Gasteiger partial charge in [0.25, 0.3) is 0 Å². The quantitative estimate of drug-likeness (QED) is 0.929. The molecule has 6 heteroatoms. The Labute approximate surface area is 125 Å². The second kappa shape index (κ2) is 5.72. The van der Waals surface area contributed by atoms with Gasteiger partial charge in [0.2, 0.25) is 17.2 Å². The van der Waals surface area contributed by atoms with Crippen molar-refractivity contribution in [3.8, 4) is 0 Å². The molecule has 2 aliphatic rings. The molecule has 0 amide bonds. The minimum Gasteiger partial charge on any atom is -0.351 e. The number of nitrogens with one attached hydrogen (secondary N) is 1. The number of rotatable bonds is 3. The average molecular weight is 296 g/mol. The summed E-state index contributed by atoms with van der Waals surface area (Å²) in [5.41, 5.74) is 0. The summed E-state index contributed by atoms with van der Waals surface area (Å²) >= 11 is 6.05. The maximum absolute atomic E-state index is 6.05. The SMILES string of the molecule is CC1CCC(Nc2nc(Cl)nc(N3CCCC3)n2)C1C.